The Hall–Kier alpha value is -2.73. The molecule has 0 bridgehead atoms. The highest BCUT2D eigenvalue weighted by Gasteiger charge is 2.17. The Morgan fingerprint density at radius 3 is 2.65 bits per heavy atom. The Morgan fingerprint density at radius 1 is 1.17 bits per heavy atom. The molecule has 6 heteroatoms. The number of methoxy groups -OCH3 is 1. The van der Waals surface area contributed by atoms with Crippen molar-refractivity contribution in [1.29, 1.82) is 0 Å². The maximum absolute atomic E-state index is 12.5. The second-order valence-corrected chi connectivity index (χ2v) is 5.82. The number of hydrogen-bond acceptors (Lipinski definition) is 5. The molecule has 3 aromatic rings. The number of hydrogen-bond donors (Lipinski definition) is 1. The number of aryl methyl sites for hydroxylation is 1. The summed E-state index contributed by atoms with van der Waals surface area (Å²) >= 11 is 1.36. The van der Waals surface area contributed by atoms with Crippen molar-refractivity contribution in [2.24, 2.45) is 0 Å². The number of carbonyl (C=O) groups excluding carboxylic acids is 1. The number of anilines is 1. The molecule has 1 N–H and O–H groups in total. The molecule has 5 nitrogen and oxygen atoms in total. The van der Waals surface area contributed by atoms with Gasteiger partial charge in [-0.15, -0.1) is 11.3 Å². The third-order valence-corrected chi connectivity index (χ3v) is 4.49. The Balaban J connectivity index is 1.87. The summed E-state index contributed by atoms with van der Waals surface area (Å²) in [4.78, 5) is 21.6. The first-order valence-corrected chi connectivity index (χ1v) is 7.83. The van der Waals surface area contributed by atoms with Gasteiger partial charge in [0, 0.05) is 18.0 Å². The van der Waals surface area contributed by atoms with E-state index in [2.05, 4.69) is 15.3 Å². The average Bonchev–Trinajstić information content (AvgIpc) is 2.98. The SMILES string of the molecule is COc1ccccc1NC(=O)c1sc(-c2ccncc2)nc1C. The van der Waals surface area contributed by atoms with Crippen molar-refractivity contribution in [3.8, 4) is 16.3 Å². The number of thiazole rings is 1. The van der Waals surface area contributed by atoms with Gasteiger partial charge in [0.25, 0.3) is 5.91 Å². The van der Waals surface area contributed by atoms with Gasteiger partial charge in [-0.3, -0.25) is 9.78 Å². The van der Waals surface area contributed by atoms with Gasteiger partial charge < -0.3 is 10.1 Å². The molecule has 0 atom stereocenters. The maximum atomic E-state index is 12.5. The van der Waals surface area contributed by atoms with Crippen LogP contribution in [0.1, 0.15) is 15.4 Å². The first-order valence-electron chi connectivity index (χ1n) is 7.01. The van der Waals surface area contributed by atoms with Crippen LogP contribution in [0, 0.1) is 6.92 Å². The van der Waals surface area contributed by atoms with Crippen LogP contribution < -0.4 is 10.1 Å². The standard InChI is InChI=1S/C17H15N3O2S/c1-11-15(23-17(19-11)12-7-9-18-10-8-12)16(21)20-13-5-3-4-6-14(13)22-2/h3-10H,1-2H3,(H,20,21). The van der Waals surface area contributed by atoms with Crippen molar-refractivity contribution < 1.29 is 9.53 Å². The largest absolute Gasteiger partial charge is 0.495 e. The molecule has 2 heterocycles. The van der Waals surface area contributed by atoms with Gasteiger partial charge in [-0.05, 0) is 31.2 Å². The van der Waals surface area contributed by atoms with E-state index in [0.717, 1.165) is 10.6 Å². The van der Waals surface area contributed by atoms with Crippen LogP contribution >= 0.6 is 11.3 Å². The van der Waals surface area contributed by atoms with Gasteiger partial charge in [0.2, 0.25) is 0 Å². The van der Waals surface area contributed by atoms with Gasteiger partial charge in [-0.25, -0.2) is 4.98 Å². The molecule has 1 aromatic carbocycles. The number of pyridine rings is 1. The van der Waals surface area contributed by atoms with Crippen LogP contribution in [-0.4, -0.2) is 23.0 Å². The van der Waals surface area contributed by atoms with Gasteiger partial charge in [-0.2, -0.15) is 0 Å². The molecule has 0 fully saturated rings. The lowest BCUT2D eigenvalue weighted by atomic mass is 10.2. The van der Waals surface area contributed by atoms with Crippen LogP contribution in [0.15, 0.2) is 48.8 Å². The van der Waals surface area contributed by atoms with Crippen LogP contribution in [-0.2, 0) is 0 Å². The second-order valence-electron chi connectivity index (χ2n) is 4.82. The van der Waals surface area contributed by atoms with E-state index in [1.165, 1.54) is 11.3 Å². The maximum Gasteiger partial charge on any atom is 0.267 e. The van der Waals surface area contributed by atoms with E-state index >= 15 is 0 Å². The molecule has 0 spiro atoms. The highest BCUT2D eigenvalue weighted by molar-refractivity contribution is 7.17. The zero-order valence-electron chi connectivity index (χ0n) is 12.7. The van der Waals surface area contributed by atoms with Crippen molar-refractivity contribution in [1.82, 2.24) is 9.97 Å². The number of nitrogens with zero attached hydrogens (tertiary/aromatic N) is 2. The fraction of sp³-hybridized carbons (Fsp3) is 0.118. The van der Waals surface area contributed by atoms with Gasteiger partial charge in [0.05, 0.1) is 18.5 Å². The molecule has 116 valence electrons. The lowest BCUT2D eigenvalue weighted by Crippen LogP contribution is -2.12. The summed E-state index contributed by atoms with van der Waals surface area (Å²) in [6.45, 7) is 1.83. The van der Waals surface area contributed by atoms with E-state index in [-0.39, 0.29) is 5.91 Å². The molecule has 0 radical (unpaired) electrons. The topological polar surface area (TPSA) is 64.1 Å². The highest BCUT2D eigenvalue weighted by Crippen LogP contribution is 2.29. The quantitative estimate of drug-likeness (QED) is 0.793. The summed E-state index contributed by atoms with van der Waals surface area (Å²) in [5, 5.41) is 3.68. The number of ether oxygens (including phenoxy) is 1. The van der Waals surface area contributed by atoms with Gasteiger partial charge in [0.15, 0.2) is 0 Å². The Kier molecular flexibility index (Phi) is 4.34. The van der Waals surface area contributed by atoms with Crippen molar-refractivity contribution in [2.45, 2.75) is 6.92 Å². The predicted octanol–water partition coefficient (Wildman–Crippen LogP) is 3.77. The molecule has 0 unspecified atom stereocenters. The van der Waals surface area contributed by atoms with E-state index in [4.69, 9.17) is 4.74 Å². The normalized spacial score (nSPS) is 10.3. The molecule has 0 saturated carbocycles. The number of aromatic nitrogens is 2. The minimum absolute atomic E-state index is 0.190. The van der Waals surface area contributed by atoms with Crippen LogP contribution in [0.5, 0.6) is 5.75 Å². The molecule has 23 heavy (non-hydrogen) atoms. The van der Waals surface area contributed by atoms with Crippen LogP contribution in [0.4, 0.5) is 5.69 Å². The van der Waals surface area contributed by atoms with E-state index in [0.29, 0.717) is 22.0 Å². The third kappa shape index (κ3) is 3.22. The minimum Gasteiger partial charge on any atom is -0.495 e. The summed E-state index contributed by atoms with van der Waals surface area (Å²) in [6, 6.07) is 11.1. The molecular weight excluding hydrogens is 310 g/mol. The second kappa shape index (κ2) is 6.58. The number of carbonyl (C=O) groups is 1. The number of rotatable bonds is 4. The highest BCUT2D eigenvalue weighted by atomic mass is 32.1. The van der Waals surface area contributed by atoms with Crippen LogP contribution in [0.3, 0.4) is 0 Å². The number of amides is 1. The fourth-order valence-corrected chi connectivity index (χ4v) is 3.12. The number of nitrogens with one attached hydrogen (secondary N) is 1. The average molecular weight is 325 g/mol. The Morgan fingerprint density at radius 2 is 1.91 bits per heavy atom. The zero-order valence-corrected chi connectivity index (χ0v) is 13.6. The fourth-order valence-electron chi connectivity index (χ4n) is 2.15. The van der Waals surface area contributed by atoms with Crippen molar-refractivity contribution in [3.05, 3.63) is 59.4 Å². The van der Waals surface area contributed by atoms with Crippen molar-refractivity contribution in [2.75, 3.05) is 12.4 Å². The van der Waals surface area contributed by atoms with E-state index in [1.54, 1.807) is 31.6 Å². The predicted molar refractivity (Wildman–Crippen MR) is 91.0 cm³/mol. The smallest absolute Gasteiger partial charge is 0.267 e. The van der Waals surface area contributed by atoms with Crippen LogP contribution in [0.2, 0.25) is 0 Å². The molecule has 2 aromatic heterocycles. The summed E-state index contributed by atoms with van der Waals surface area (Å²) in [6.07, 6.45) is 3.42. The molecule has 0 aliphatic carbocycles. The van der Waals surface area contributed by atoms with Crippen molar-refractivity contribution >= 4 is 22.9 Å². The van der Waals surface area contributed by atoms with E-state index < -0.39 is 0 Å². The number of benzene rings is 1. The minimum atomic E-state index is -0.190. The van der Waals surface area contributed by atoms with E-state index in [9.17, 15) is 4.79 Å². The van der Waals surface area contributed by atoms with Crippen molar-refractivity contribution in [3.63, 3.8) is 0 Å². The lowest BCUT2D eigenvalue weighted by molar-refractivity contribution is 0.102. The summed E-state index contributed by atoms with van der Waals surface area (Å²) in [5.41, 5.74) is 2.29. The third-order valence-electron chi connectivity index (χ3n) is 3.29. The van der Waals surface area contributed by atoms with E-state index in [1.807, 2.05) is 31.2 Å². The summed E-state index contributed by atoms with van der Waals surface area (Å²) < 4.78 is 5.25. The van der Waals surface area contributed by atoms with Crippen LogP contribution in [0.25, 0.3) is 10.6 Å². The van der Waals surface area contributed by atoms with Gasteiger partial charge >= 0.3 is 0 Å². The summed E-state index contributed by atoms with van der Waals surface area (Å²) in [7, 11) is 1.57. The molecule has 0 aliphatic rings. The lowest BCUT2D eigenvalue weighted by Gasteiger charge is -2.08. The first kappa shape index (κ1) is 15.2. The molecule has 0 aliphatic heterocycles. The van der Waals surface area contributed by atoms with Gasteiger partial charge in [-0.1, -0.05) is 12.1 Å². The zero-order chi connectivity index (χ0) is 16.2. The monoisotopic (exact) mass is 325 g/mol. The molecular formula is C17H15N3O2S. The first-order chi connectivity index (χ1) is 11.2. The summed E-state index contributed by atoms with van der Waals surface area (Å²) in [5.74, 6) is 0.433. The molecule has 3 rings (SSSR count). The molecule has 0 saturated heterocycles. The number of para-hydroxylation sites is 2. The Labute approximate surface area is 138 Å². The molecule has 1 amide bonds. The van der Waals surface area contributed by atoms with Gasteiger partial charge in [0.1, 0.15) is 15.6 Å². The Bertz CT molecular complexity index is 831.